The van der Waals surface area contributed by atoms with E-state index in [1.807, 2.05) is 0 Å². The number of nitrogens with zero attached hydrogens (tertiary/aromatic N) is 2. The minimum Gasteiger partial charge on any atom is -0.482 e. The monoisotopic (exact) mass is 371 g/mol. The van der Waals surface area contributed by atoms with E-state index >= 15 is 0 Å². The standard InChI is InChI=1S/C19H21N3O5/c23-15(24)11-26-14-5-3-4-13(10-14)16(25)21-19(8-1-2-9-19)18-20-17(27-22-18)12-6-7-12/h3-5,10,12H,1-2,6-9,11H2,(H,21,25)(H,23,24). The number of ether oxygens (including phenoxy) is 1. The van der Waals surface area contributed by atoms with Crippen LogP contribution in [0.4, 0.5) is 0 Å². The molecule has 1 heterocycles. The number of aliphatic carboxylic acids is 1. The molecule has 4 rings (SSSR count). The first kappa shape index (κ1) is 17.5. The van der Waals surface area contributed by atoms with E-state index in [0.29, 0.717) is 28.9 Å². The molecule has 1 aromatic heterocycles. The quantitative estimate of drug-likeness (QED) is 0.769. The Hall–Kier alpha value is -2.90. The Morgan fingerprint density at radius 2 is 2.07 bits per heavy atom. The molecule has 142 valence electrons. The van der Waals surface area contributed by atoms with Crippen LogP contribution in [0.3, 0.4) is 0 Å². The molecular weight excluding hydrogens is 350 g/mol. The van der Waals surface area contributed by atoms with Gasteiger partial charge < -0.3 is 19.7 Å². The van der Waals surface area contributed by atoms with Gasteiger partial charge in [0.1, 0.15) is 11.3 Å². The van der Waals surface area contributed by atoms with Gasteiger partial charge in [-0.05, 0) is 43.9 Å². The summed E-state index contributed by atoms with van der Waals surface area (Å²) in [4.78, 5) is 28.1. The van der Waals surface area contributed by atoms with E-state index in [0.717, 1.165) is 38.5 Å². The highest BCUT2D eigenvalue weighted by Gasteiger charge is 2.42. The molecule has 0 atom stereocenters. The van der Waals surface area contributed by atoms with Gasteiger partial charge in [0.2, 0.25) is 5.89 Å². The molecule has 0 saturated heterocycles. The molecule has 2 aromatic rings. The molecule has 0 bridgehead atoms. The second-order valence-corrected chi connectivity index (χ2v) is 7.18. The molecule has 1 aromatic carbocycles. The summed E-state index contributed by atoms with van der Waals surface area (Å²) < 4.78 is 10.6. The Morgan fingerprint density at radius 3 is 2.78 bits per heavy atom. The Morgan fingerprint density at radius 1 is 1.30 bits per heavy atom. The average Bonchev–Trinajstić information content (AvgIpc) is 3.19. The van der Waals surface area contributed by atoms with Crippen LogP contribution < -0.4 is 10.1 Å². The van der Waals surface area contributed by atoms with Gasteiger partial charge in [-0.2, -0.15) is 4.98 Å². The number of hydrogen-bond acceptors (Lipinski definition) is 6. The van der Waals surface area contributed by atoms with Gasteiger partial charge >= 0.3 is 5.97 Å². The first-order valence-electron chi connectivity index (χ1n) is 9.17. The zero-order valence-electron chi connectivity index (χ0n) is 14.8. The lowest BCUT2D eigenvalue weighted by atomic mass is 9.95. The molecule has 2 N–H and O–H groups in total. The van der Waals surface area contributed by atoms with Gasteiger partial charge in [0.05, 0.1) is 0 Å². The summed E-state index contributed by atoms with van der Waals surface area (Å²) in [5.41, 5.74) is -0.221. The first-order valence-corrected chi connectivity index (χ1v) is 9.17. The molecule has 0 spiro atoms. The number of carboxylic acids is 1. The Bertz CT molecular complexity index is 853. The molecule has 8 nitrogen and oxygen atoms in total. The van der Waals surface area contributed by atoms with Crippen molar-refractivity contribution in [2.45, 2.75) is 50.0 Å². The van der Waals surface area contributed by atoms with Crippen molar-refractivity contribution < 1.29 is 24.0 Å². The fourth-order valence-electron chi connectivity index (χ4n) is 3.47. The number of hydrogen-bond donors (Lipinski definition) is 2. The molecule has 0 unspecified atom stereocenters. The number of rotatable bonds is 7. The second kappa shape index (κ2) is 7.02. The molecule has 8 heteroatoms. The van der Waals surface area contributed by atoms with E-state index in [4.69, 9.17) is 14.4 Å². The average molecular weight is 371 g/mol. The maximum atomic E-state index is 12.9. The number of amides is 1. The van der Waals surface area contributed by atoms with Gasteiger partial charge in [0.15, 0.2) is 12.4 Å². The molecular formula is C19H21N3O5. The van der Waals surface area contributed by atoms with Crippen molar-refractivity contribution in [1.82, 2.24) is 15.5 Å². The SMILES string of the molecule is O=C(O)COc1cccc(C(=O)NC2(c3noc(C4CC4)n3)CCCC2)c1. The van der Waals surface area contributed by atoms with Gasteiger partial charge in [0, 0.05) is 11.5 Å². The summed E-state index contributed by atoms with van der Waals surface area (Å²) in [5, 5.41) is 16.0. The summed E-state index contributed by atoms with van der Waals surface area (Å²) in [6, 6.07) is 6.48. The van der Waals surface area contributed by atoms with Crippen LogP contribution in [-0.2, 0) is 10.3 Å². The summed E-state index contributed by atoms with van der Waals surface area (Å²) in [7, 11) is 0. The number of carboxylic acid groups (broad SMARTS) is 1. The van der Waals surface area contributed by atoms with Crippen LogP contribution in [-0.4, -0.2) is 33.7 Å². The van der Waals surface area contributed by atoms with E-state index < -0.39 is 18.1 Å². The normalized spacial score (nSPS) is 18.2. The van der Waals surface area contributed by atoms with E-state index in [-0.39, 0.29) is 5.91 Å². The molecule has 2 saturated carbocycles. The molecule has 1 amide bonds. The van der Waals surface area contributed by atoms with Crippen molar-refractivity contribution in [2.24, 2.45) is 0 Å². The first-order chi connectivity index (χ1) is 13.1. The number of carbonyl (C=O) groups is 2. The summed E-state index contributed by atoms with van der Waals surface area (Å²) in [6.45, 7) is -0.457. The van der Waals surface area contributed by atoms with Gasteiger partial charge in [-0.15, -0.1) is 0 Å². The van der Waals surface area contributed by atoms with Gasteiger partial charge in [-0.1, -0.05) is 24.1 Å². The van der Waals surface area contributed by atoms with Crippen molar-refractivity contribution in [3.63, 3.8) is 0 Å². The zero-order chi connectivity index (χ0) is 18.9. The topological polar surface area (TPSA) is 115 Å². The van der Waals surface area contributed by atoms with E-state index in [9.17, 15) is 9.59 Å². The Kier molecular flexibility index (Phi) is 4.55. The highest BCUT2D eigenvalue weighted by Crippen LogP contribution is 2.42. The number of benzene rings is 1. The second-order valence-electron chi connectivity index (χ2n) is 7.18. The lowest BCUT2D eigenvalue weighted by molar-refractivity contribution is -0.139. The highest BCUT2D eigenvalue weighted by atomic mass is 16.5. The van der Waals surface area contributed by atoms with Crippen molar-refractivity contribution in [3.05, 3.63) is 41.5 Å². The fourth-order valence-corrected chi connectivity index (χ4v) is 3.47. The third-order valence-corrected chi connectivity index (χ3v) is 5.06. The maximum Gasteiger partial charge on any atom is 0.341 e. The summed E-state index contributed by atoms with van der Waals surface area (Å²) >= 11 is 0. The van der Waals surface area contributed by atoms with Crippen LogP contribution >= 0.6 is 0 Å². The van der Waals surface area contributed by atoms with Gasteiger partial charge in [0.25, 0.3) is 5.91 Å². The van der Waals surface area contributed by atoms with Crippen LogP contribution in [0.5, 0.6) is 5.75 Å². The third-order valence-electron chi connectivity index (χ3n) is 5.06. The van der Waals surface area contributed by atoms with Gasteiger partial charge in [-0.3, -0.25) is 4.79 Å². The van der Waals surface area contributed by atoms with Crippen molar-refractivity contribution in [2.75, 3.05) is 6.61 Å². The van der Waals surface area contributed by atoms with Crippen LogP contribution in [0.2, 0.25) is 0 Å². The van der Waals surface area contributed by atoms with E-state index in [1.54, 1.807) is 18.2 Å². The molecule has 2 fully saturated rings. The summed E-state index contributed by atoms with van der Waals surface area (Å²) in [5.74, 6) is 0.571. The maximum absolute atomic E-state index is 12.9. The van der Waals surface area contributed by atoms with E-state index in [2.05, 4.69) is 15.5 Å². The van der Waals surface area contributed by atoms with Crippen molar-refractivity contribution >= 4 is 11.9 Å². The molecule has 2 aliphatic carbocycles. The Balaban J connectivity index is 1.52. The van der Waals surface area contributed by atoms with Crippen LogP contribution in [0.25, 0.3) is 0 Å². The van der Waals surface area contributed by atoms with Crippen molar-refractivity contribution in [3.8, 4) is 5.75 Å². The highest BCUT2D eigenvalue weighted by molar-refractivity contribution is 5.95. The number of carbonyl (C=O) groups excluding carboxylic acids is 1. The number of aromatic nitrogens is 2. The van der Waals surface area contributed by atoms with Gasteiger partial charge in [-0.25, -0.2) is 4.79 Å². The summed E-state index contributed by atoms with van der Waals surface area (Å²) in [6.07, 6.45) is 5.63. The van der Waals surface area contributed by atoms with E-state index in [1.165, 1.54) is 6.07 Å². The van der Waals surface area contributed by atoms with Crippen molar-refractivity contribution in [1.29, 1.82) is 0 Å². The van der Waals surface area contributed by atoms with Crippen LogP contribution in [0, 0.1) is 0 Å². The minimum absolute atomic E-state index is 0.268. The Labute approximate surface area is 155 Å². The molecule has 2 aliphatic rings. The van der Waals surface area contributed by atoms with Crippen LogP contribution in [0.1, 0.15) is 66.5 Å². The predicted octanol–water partition coefficient (Wildman–Crippen LogP) is 2.61. The smallest absolute Gasteiger partial charge is 0.341 e. The molecule has 27 heavy (non-hydrogen) atoms. The zero-order valence-corrected chi connectivity index (χ0v) is 14.8. The third kappa shape index (κ3) is 3.79. The lowest BCUT2D eigenvalue weighted by Crippen LogP contribution is -2.44. The number of nitrogens with one attached hydrogen (secondary N) is 1. The molecule has 0 radical (unpaired) electrons. The van der Waals surface area contributed by atoms with Crippen LogP contribution in [0.15, 0.2) is 28.8 Å². The molecule has 0 aliphatic heterocycles. The minimum atomic E-state index is -1.07. The predicted molar refractivity (Wildman–Crippen MR) is 93.5 cm³/mol. The fraction of sp³-hybridized carbons (Fsp3) is 0.474. The largest absolute Gasteiger partial charge is 0.482 e. The lowest BCUT2D eigenvalue weighted by Gasteiger charge is -2.26.